The van der Waals surface area contributed by atoms with E-state index in [1.807, 2.05) is 12.1 Å². The minimum absolute atomic E-state index is 0.304. The Morgan fingerprint density at radius 3 is 2.47 bits per heavy atom. The van der Waals surface area contributed by atoms with Crippen molar-refractivity contribution in [3.05, 3.63) is 29.8 Å². The molecular formula is C10H15N3O2. The Morgan fingerprint density at radius 1 is 1.27 bits per heavy atom. The van der Waals surface area contributed by atoms with E-state index in [9.17, 15) is 0 Å². The van der Waals surface area contributed by atoms with E-state index < -0.39 is 0 Å². The van der Waals surface area contributed by atoms with Crippen LogP contribution in [0.5, 0.6) is 5.75 Å². The molecule has 1 aromatic carbocycles. The maximum Gasteiger partial charge on any atom is 0.150 e. The summed E-state index contributed by atoms with van der Waals surface area (Å²) in [6.45, 7) is 1.09. The lowest BCUT2D eigenvalue weighted by atomic mass is 10.2. The van der Waals surface area contributed by atoms with E-state index in [0.29, 0.717) is 19.0 Å². The third kappa shape index (κ3) is 3.47. The zero-order valence-electron chi connectivity index (χ0n) is 8.64. The number of nitrogens with zero attached hydrogens (tertiary/aromatic N) is 1. The van der Waals surface area contributed by atoms with Crippen LogP contribution in [-0.4, -0.2) is 26.2 Å². The Morgan fingerprint density at radius 2 is 1.93 bits per heavy atom. The van der Waals surface area contributed by atoms with Crippen molar-refractivity contribution in [1.82, 2.24) is 0 Å². The van der Waals surface area contributed by atoms with Crippen molar-refractivity contribution < 1.29 is 9.47 Å². The van der Waals surface area contributed by atoms with Crippen molar-refractivity contribution in [3.8, 4) is 5.75 Å². The molecule has 0 bridgehead atoms. The molecule has 1 aromatic rings. The van der Waals surface area contributed by atoms with Gasteiger partial charge in [-0.3, -0.25) is 0 Å². The van der Waals surface area contributed by atoms with Crippen molar-refractivity contribution in [2.24, 2.45) is 16.7 Å². The molecule has 0 atom stereocenters. The van der Waals surface area contributed by atoms with Gasteiger partial charge < -0.3 is 21.1 Å². The van der Waals surface area contributed by atoms with Crippen LogP contribution >= 0.6 is 0 Å². The summed E-state index contributed by atoms with van der Waals surface area (Å²) in [6.07, 6.45) is 0. The van der Waals surface area contributed by atoms with E-state index in [2.05, 4.69) is 5.10 Å². The van der Waals surface area contributed by atoms with Crippen molar-refractivity contribution in [2.45, 2.75) is 0 Å². The third-order valence-corrected chi connectivity index (χ3v) is 1.85. The van der Waals surface area contributed by atoms with Gasteiger partial charge in [0, 0.05) is 12.7 Å². The van der Waals surface area contributed by atoms with E-state index in [1.165, 1.54) is 0 Å². The number of ether oxygens (including phenoxy) is 2. The molecule has 0 unspecified atom stereocenters. The Bertz CT molecular complexity index is 322. The van der Waals surface area contributed by atoms with E-state index in [0.717, 1.165) is 11.3 Å². The molecule has 0 spiro atoms. The van der Waals surface area contributed by atoms with Crippen molar-refractivity contribution in [2.75, 3.05) is 20.3 Å². The zero-order valence-corrected chi connectivity index (χ0v) is 8.64. The second-order valence-corrected chi connectivity index (χ2v) is 2.88. The number of nitrogens with two attached hydrogens (primary N) is 2. The molecule has 0 saturated heterocycles. The van der Waals surface area contributed by atoms with E-state index in [1.54, 1.807) is 19.2 Å². The molecule has 4 N–H and O–H groups in total. The van der Waals surface area contributed by atoms with Crippen LogP contribution in [0.3, 0.4) is 0 Å². The molecule has 0 heterocycles. The van der Waals surface area contributed by atoms with Gasteiger partial charge in [-0.1, -0.05) is 0 Å². The van der Waals surface area contributed by atoms with Crippen LogP contribution in [0.15, 0.2) is 29.4 Å². The van der Waals surface area contributed by atoms with Gasteiger partial charge in [-0.05, 0) is 24.3 Å². The van der Waals surface area contributed by atoms with Crippen LogP contribution < -0.4 is 16.3 Å². The number of hydrazone groups is 1. The summed E-state index contributed by atoms with van der Waals surface area (Å²) in [5, 5.41) is 3.40. The summed E-state index contributed by atoms with van der Waals surface area (Å²) < 4.78 is 10.2. The monoisotopic (exact) mass is 209 g/mol. The molecule has 0 fully saturated rings. The van der Waals surface area contributed by atoms with Crippen LogP contribution in [0, 0.1) is 0 Å². The number of amidine groups is 1. The second kappa shape index (κ2) is 5.87. The number of hydrogen-bond donors (Lipinski definition) is 2. The van der Waals surface area contributed by atoms with Crippen LogP contribution in [0.1, 0.15) is 5.56 Å². The van der Waals surface area contributed by atoms with Gasteiger partial charge in [0.05, 0.1) is 6.61 Å². The highest BCUT2D eigenvalue weighted by Crippen LogP contribution is 2.11. The topological polar surface area (TPSA) is 82.9 Å². The second-order valence-electron chi connectivity index (χ2n) is 2.88. The highest BCUT2D eigenvalue weighted by atomic mass is 16.5. The first-order chi connectivity index (χ1) is 7.27. The zero-order chi connectivity index (χ0) is 11.1. The van der Waals surface area contributed by atoms with Gasteiger partial charge >= 0.3 is 0 Å². The van der Waals surface area contributed by atoms with Gasteiger partial charge in [-0.2, -0.15) is 5.10 Å². The number of methoxy groups -OCH3 is 1. The van der Waals surface area contributed by atoms with Gasteiger partial charge in [0.25, 0.3) is 0 Å². The molecule has 0 aliphatic rings. The largest absolute Gasteiger partial charge is 0.491 e. The average molecular weight is 209 g/mol. The maximum atomic E-state index is 5.53. The molecule has 82 valence electrons. The average Bonchev–Trinajstić information content (AvgIpc) is 2.29. The summed E-state index contributed by atoms with van der Waals surface area (Å²) in [6, 6.07) is 7.22. The fraction of sp³-hybridized carbons (Fsp3) is 0.300. The maximum absolute atomic E-state index is 5.53. The van der Waals surface area contributed by atoms with E-state index >= 15 is 0 Å². The lowest BCUT2D eigenvalue weighted by molar-refractivity contribution is 0.146. The Balaban J connectivity index is 2.56. The van der Waals surface area contributed by atoms with Crippen LogP contribution in [0.2, 0.25) is 0 Å². The van der Waals surface area contributed by atoms with Crippen LogP contribution in [0.4, 0.5) is 0 Å². The summed E-state index contributed by atoms with van der Waals surface area (Å²) in [4.78, 5) is 0. The molecule has 0 radical (unpaired) electrons. The van der Waals surface area contributed by atoms with Crippen molar-refractivity contribution >= 4 is 5.84 Å². The summed E-state index contributed by atoms with van der Waals surface area (Å²) in [7, 11) is 1.63. The van der Waals surface area contributed by atoms with Crippen LogP contribution in [-0.2, 0) is 4.74 Å². The Hall–Kier alpha value is -1.75. The molecule has 0 aliphatic heterocycles. The summed E-state index contributed by atoms with van der Waals surface area (Å²) in [5.74, 6) is 6.12. The van der Waals surface area contributed by atoms with Gasteiger partial charge in [0.1, 0.15) is 18.2 Å². The molecular weight excluding hydrogens is 194 g/mol. The molecule has 0 saturated carbocycles. The van der Waals surface area contributed by atoms with Gasteiger partial charge in [0.15, 0.2) is 0 Å². The smallest absolute Gasteiger partial charge is 0.150 e. The summed E-state index contributed by atoms with van der Waals surface area (Å²) >= 11 is 0. The standard InChI is InChI=1S/C10H15N3O2/c1-14-6-7-15-9-4-2-8(3-5-9)10(11)13-12/h2-5H,6-7,12H2,1H3,(H2,11,13). The number of hydrogen-bond acceptors (Lipinski definition) is 4. The lowest BCUT2D eigenvalue weighted by Gasteiger charge is -2.05. The minimum atomic E-state index is 0.304. The lowest BCUT2D eigenvalue weighted by Crippen LogP contribution is -2.15. The molecule has 0 amide bonds. The van der Waals surface area contributed by atoms with Crippen molar-refractivity contribution in [1.29, 1.82) is 0 Å². The predicted octanol–water partition coefficient (Wildman–Crippen LogP) is 0.291. The van der Waals surface area contributed by atoms with Gasteiger partial charge in [-0.25, -0.2) is 0 Å². The molecule has 0 aromatic heterocycles. The minimum Gasteiger partial charge on any atom is -0.491 e. The van der Waals surface area contributed by atoms with Gasteiger partial charge in [-0.15, -0.1) is 0 Å². The highest BCUT2D eigenvalue weighted by molar-refractivity contribution is 5.97. The fourth-order valence-corrected chi connectivity index (χ4v) is 1.04. The Labute approximate surface area is 88.7 Å². The SMILES string of the molecule is COCCOc1ccc(/C(N)=N/N)cc1. The van der Waals surface area contributed by atoms with E-state index in [-0.39, 0.29) is 0 Å². The summed E-state index contributed by atoms with van der Waals surface area (Å²) in [5.41, 5.74) is 6.30. The first kappa shape index (κ1) is 11.3. The first-order valence-electron chi connectivity index (χ1n) is 4.53. The highest BCUT2D eigenvalue weighted by Gasteiger charge is 1.98. The van der Waals surface area contributed by atoms with E-state index in [4.69, 9.17) is 21.1 Å². The third-order valence-electron chi connectivity index (χ3n) is 1.85. The van der Waals surface area contributed by atoms with Crippen molar-refractivity contribution in [3.63, 3.8) is 0 Å². The normalized spacial score (nSPS) is 11.4. The molecule has 15 heavy (non-hydrogen) atoms. The van der Waals surface area contributed by atoms with Gasteiger partial charge in [0.2, 0.25) is 0 Å². The molecule has 1 rings (SSSR count). The molecule has 5 nitrogen and oxygen atoms in total. The number of benzene rings is 1. The molecule has 0 aliphatic carbocycles. The quantitative estimate of drug-likeness (QED) is 0.240. The Kier molecular flexibility index (Phi) is 4.43. The van der Waals surface area contributed by atoms with Crippen LogP contribution in [0.25, 0.3) is 0 Å². The first-order valence-corrected chi connectivity index (χ1v) is 4.53. The molecule has 5 heteroatoms. The predicted molar refractivity (Wildman–Crippen MR) is 58.7 cm³/mol. The fourth-order valence-electron chi connectivity index (χ4n) is 1.04. The number of rotatable bonds is 5.